The number of hydrogen-bond donors (Lipinski definition) is 1. The summed E-state index contributed by atoms with van der Waals surface area (Å²) in [6.07, 6.45) is 7.05. The molecule has 1 saturated heterocycles. The number of likely N-dealkylation sites (tertiary alicyclic amines) is 1. The van der Waals surface area contributed by atoms with E-state index in [9.17, 15) is 0 Å². The molecule has 1 N–H and O–H groups in total. The monoisotopic (exact) mass is 267 g/mol. The van der Waals surface area contributed by atoms with Gasteiger partial charge in [-0.3, -0.25) is 4.90 Å². The Hall–Kier alpha value is -0.450. The van der Waals surface area contributed by atoms with Gasteiger partial charge in [0.05, 0.1) is 6.04 Å². The Morgan fingerprint density at radius 2 is 2.39 bits per heavy atom. The molecule has 0 bridgehead atoms. The van der Waals surface area contributed by atoms with Crippen molar-refractivity contribution in [1.29, 1.82) is 0 Å². The fraction of sp³-hybridized carbons (Fsp3) is 0.786. The molecule has 0 aliphatic carbocycles. The minimum absolute atomic E-state index is 0.577. The van der Waals surface area contributed by atoms with E-state index in [0.717, 1.165) is 13.0 Å². The lowest BCUT2D eigenvalue weighted by atomic mass is 10.2. The van der Waals surface area contributed by atoms with Crippen LogP contribution in [-0.2, 0) is 6.42 Å². The van der Waals surface area contributed by atoms with Crippen LogP contribution in [0.5, 0.6) is 0 Å². The van der Waals surface area contributed by atoms with Gasteiger partial charge >= 0.3 is 0 Å². The van der Waals surface area contributed by atoms with Gasteiger partial charge in [0.1, 0.15) is 5.01 Å². The predicted octanol–water partition coefficient (Wildman–Crippen LogP) is 2.84. The van der Waals surface area contributed by atoms with Gasteiger partial charge in [0, 0.05) is 17.1 Å². The molecule has 2 heterocycles. The van der Waals surface area contributed by atoms with Gasteiger partial charge in [-0.05, 0) is 59.7 Å². The summed E-state index contributed by atoms with van der Waals surface area (Å²) >= 11 is 1.92. The van der Waals surface area contributed by atoms with Crippen LogP contribution in [0.3, 0.4) is 0 Å². The molecule has 0 spiro atoms. The molecule has 4 heteroatoms. The number of rotatable bonds is 6. The molecule has 1 aromatic rings. The van der Waals surface area contributed by atoms with E-state index in [0.29, 0.717) is 12.1 Å². The SMILES string of the molecule is CNCCCc1cnc(C2CCCN2C(C)C)s1. The van der Waals surface area contributed by atoms with Crippen molar-refractivity contribution in [2.45, 2.75) is 51.6 Å². The summed E-state index contributed by atoms with van der Waals surface area (Å²) in [6, 6.07) is 1.21. The van der Waals surface area contributed by atoms with E-state index in [1.54, 1.807) is 0 Å². The largest absolute Gasteiger partial charge is 0.320 e. The van der Waals surface area contributed by atoms with Crippen molar-refractivity contribution in [2.24, 2.45) is 0 Å². The lowest BCUT2D eigenvalue weighted by Crippen LogP contribution is -2.30. The molecule has 1 aliphatic rings. The molecule has 102 valence electrons. The standard InChI is InChI=1S/C14H25N3S/c1-11(2)17-9-5-7-13(17)14-16-10-12(18-14)6-4-8-15-3/h10-11,13,15H,4-9H2,1-3H3. The Morgan fingerprint density at radius 1 is 1.56 bits per heavy atom. The van der Waals surface area contributed by atoms with Gasteiger partial charge in [0.25, 0.3) is 0 Å². The van der Waals surface area contributed by atoms with Crippen LogP contribution >= 0.6 is 11.3 Å². The quantitative estimate of drug-likeness (QED) is 0.803. The molecule has 1 aromatic heterocycles. The van der Waals surface area contributed by atoms with Crippen molar-refractivity contribution in [3.8, 4) is 0 Å². The molecule has 0 saturated carbocycles. The van der Waals surface area contributed by atoms with Crippen LogP contribution in [0.25, 0.3) is 0 Å². The minimum atomic E-state index is 0.577. The Labute approximate surface area is 115 Å². The van der Waals surface area contributed by atoms with Crippen LogP contribution in [0, 0.1) is 0 Å². The number of thiazole rings is 1. The maximum Gasteiger partial charge on any atom is 0.110 e. The van der Waals surface area contributed by atoms with Crippen molar-refractivity contribution in [2.75, 3.05) is 20.1 Å². The first kappa shape index (κ1) is 14.0. The zero-order valence-electron chi connectivity index (χ0n) is 11.8. The van der Waals surface area contributed by atoms with E-state index in [2.05, 4.69) is 35.2 Å². The molecular formula is C14H25N3S. The molecular weight excluding hydrogens is 242 g/mol. The summed E-state index contributed by atoms with van der Waals surface area (Å²) in [6.45, 7) is 6.91. The van der Waals surface area contributed by atoms with E-state index < -0.39 is 0 Å². The Kier molecular flexibility index (Phi) is 5.15. The summed E-state index contributed by atoms with van der Waals surface area (Å²) in [5.41, 5.74) is 0. The van der Waals surface area contributed by atoms with Crippen LogP contribution in [0.1, 0.15) is 49.0 Å². The first-order chi connectivity index (χ1) is 8.72. The van der Waals surface area contributed by atoms with E-state index >= 15 is 0 Å². The summed E-state index contributed by atoms with van der Waals surface area (Å²) in [5, 5.41) is 4.53. The first-order valence-electron chi connectivity index (χ1n) is 7.07. The number of aromatic nitrogens is 1. The molecule has 2 rings (SSSR count). The van der Waals surface area contributed by atoms with Crippen molar-refractivity contribution in [1.82, 2.24) is 15.2 Å². The van der Waals surface area contributed by atoms with E-state index in [4.69, 9.17) is 0 Å². The number of hydrogen-bond acceptors (Lipinski definition) is 4. The summed E-state index contributed by atoms with van der Waals surface area (Å²) in [4.78, 5) is 8.70. The van der Waals surface area contributed by atoms with Gasteiger partial charge in [-0.15, -0.1) is 11.3 Å². The Bertz CT molecular complexity index is 362. The molecule has 1 atom stereocenters. The average Bonchev–Trinajstić information content (AvgIpc) is 2.96. The maximum absolute atomic E-state index is 4.67. The number of nitrogens with zero attached hydrogens (tertiary/aromatic N) is 2. The Balaban J connectivity index is 1.96. The molecule has 1 unspecified atom stereocenters. The summed E-state index contributed by atoms with van der Waals surface area (Å²) in [5.74, 6) is 0. The topological polar surface area (TPSA) is 28.2 Å². The van der Waals surface area contributed by atoms with Crippen molar-refractivity contribution < 1.29 is 0 Å². The molecule has 1 aliphatic heterocycles. The van der Waals surface area contributed by atoms with Gasteiger partial charge in [0.2, 0.25) is 0 Å². The molecule has 0 aromatic carbocycles. The molecule has 1 fully saturated rings. The highest BCUT2D eigenvalue weighted by Crippen LogP contribution is 2.35. The average molecular weight is 267 g/mol. The highest BCUT2D eigenvalue weighted by molar-refractivity contribution is 7.11. The molecule has 0 radical (unpaired) electrons. The number of aryl methyl sites for hydroxylation is 1. The second kappa shape index (κ2) is 6.64. The van der Waals surface area contributed by atoms with Crippen molar-refractivity contribution in [3.63, 3.8) is 0 Å². The lowest BCUT2D eigenvalue weighted by molar-refractivity contribution is 0.205. The van der Waals surface area contributed by atoms with Gasteiger partial charge in [-0.1, -0.05) is 0 Å². The third kappa shape index (κ3) is 3.31. The Morgan fingerprint density at radius 3 is 3.11 bits per heavy atom. The lowest BCUT2D eigenvalue weighted by Gasteiger charge is -2.26. The van der Waals surface area contributed by atoms with Crippen LogP contribution in [0.4, 0.5) is 0 Å². The van der Waals surface area contributed by atoms with E-state index in [1.165, 1.54) is 35.7 Å². The molecule has 0 amide bonds. The van der Waals surface area contributed by atoms with Crippen LogP contribution in [-0.4, -0.2) is 36.1 Å². The smallest absolute Gasteiger partial charge is 0.110 e. The van der Waals surface area contributed by atoms with Crippen LogP contribution < -0.4 is 5.32 Å². The normalized spacial score (nSPS) is 21.0. The molecule has 18 heavy (non-hydrogen) atoms. The van der Waals surface area contributed by atoms with Crippen LogP contribution in [0.15, 0.2) is 6.20 Å². The fourth-order valence-electron chi connectivity index (χ4n) is 2.70. The second-order valence-corrected chi connectivity index (χ2v) is 6.51. The van der Waals surface area contributed by atoms with Crippen LogP contribution in [0.2, 0.25) is 0 Å². The first-order valence-corrected chi connectivity index (χ1v) is 7.89. The third-order valence-corrected chi connectivity index (χ3v) is 4.82. The molecule has 3 nitrogen and oxygen atoms in total. The van der Waals surface area contributed by atoms with Gasteiger partial charge in [-0.2, -0.15) is 0 Å². The van der Waals surface area contributed by atoms with Gasteiger partial charge in [-0.25, -0.2) is 4.98 Å². The summed E-state index contributed by atoms with van der Waals surface area (Å²) < 4.78 is 0. The highest BCUT2D eigenvalue weighted by Gasteiger charge is 2.29. The minimum Gasteiger partial charge on any atom is -0.320 e. The van der Waals surface area contributed by atoms with Crippen molar-refractivity contribution >= 4 is 11.3 Å². The zero-order valence-corrected chi connectivity index (χ0v) is 12.6. The maximum atomic E-state index is 4.67. The van der Waals surface area contributed by atoms with Crippen molar-refractivity contribution in [3.05, 3.63) is 16.1 Å². The fourth-order valence-corrected chi connectivity index (χ4v) is 3.82. The van der Waals surface area contributed by atoms with E-state index in [-0.39, 0.29) is 0 Å². The predicted molar refractivity (Wildman–Crippen MR) is 78.2 cm³/mol. The zero-order chi connectivity index (χ0) is 13.0. The van der Waals surface area contributed by atoms with Gasteiger partial charge in [0.15, 0.2) is 0 Å². The second-order valence-electron chi connectivity index (χ2n) is 5.36. The van der Waals surface area contributed by atoms with E-state index in [1.807, 2.05) is 18.4 Å². The summed E-state index contributed by atoms with van der Waals surface area (Å²) in [7, 11) is 2.01. The highest BCUT2D eigenvalue weighted by atomic mass is 32.1. The van der Waals surface area contributed by atoms with Gasteiger partial charge < -0.3 is 5.32 Å². The third-order valence-electron chi connectivity index (χ3n) is 3.66. The number of nitrogens with one attached hydrogen (secondary N) is 1.